The van der Waals surface area contributed by atoms with Crippen molar-refractivity contribution in [3.63, 3.8) is 0 Å². The molecule has 4 rings (SSSR count). The lowest BCUT2D eigenvalue weighted by atomic mass is 10.0. The summed E-state index contributed by atoms with van der Waals surface area (Å²) in [5, 5.41) is 6.07. The van der Waals surface area contributed by atoms with E-state index >= 15 is 0 Å². The van der Waals surface area contributed by atoms with Crippen LogP contribution < -0.4 is 15.6 Å². The van der Waals surface area contributed by atoms with E-state index < -0.39 is 0 Å². The topological polar surface area (TPSA) is 88.5 Å². The van der Waals surface area contributed by atoms with Crippen molar-refractivity contribution in [1.82, 2.24) is 19.9 Å². The number of aromatic nitrogens is 3. The van der Waals surface area contributed by atoms with Gasteiger partial charge in [-0.1, -0.05) is 48.5 Å². The van der Waals surface area contributed by atoms with Crippen LogP contribution in [-0.2, 0) is 17.6 Å². The molecule has 7 heteroatoms. The minimum absolute atomic E-state index is 0.131. The fraction of sp³-hybridized carbons (Fsp3) is 0.208. The monoisotopic (exact) mass is 416 g/mol. The molecule has 2 aromatic carbocycles. The summed E-state index contributed by atoms with van der Waals surface area (Å²) in [4.78, 5) is 29.9. The van der Waals surface area contributed by atoms with Gasteiger partial charge in [-0.3, -0.25) is 14.7 Å². The van der Waals surface area contributed by atoms with Gasteiger partial charge in [0.25, 0.3) is 5.56 Å². The summed E-state index contributed by atoms with van der Waals surface area (Å²) in [5.74, 6) is 0.547. The standard InChI is InChI=1S/C24H24N4O3/c1-16-12-22-25-19(15-24(30)28(22)27-16)14-20(17-8-4-3-5-9-17)26-23(29)13-18-10-6-7-11-21(18)31-2/h3-12,15,20,27H,13-14H2,1-2H3,(H,26,29)/t20-/m0/s1. The number of carbonyl (C=O) groups is 1. The molecule has 2 heterocycles. The number of fused-ring (bicyclic) bond motifs is 1. The van der Waals surface area contributed by atoms with Gasteiger partial charge < -0.3 is 10.1 Å². The zero-order chi connectivity index (χ0) is 21.8. The molecule has 0 radical (unpaired) electrons. The third-order valence-electron chi connectivity index (χ3n) is 5.13. The van der Waals surface area contributed by atoms with Crippen LogP contribution in [0.2, 0.25) is 0 Å². The average Bonchev–Trinajstić information content (AvgIpc) is 3.15. The van der Waals surface area contributed by atoms with Crippen molar-refractivity contribution in [3.8, 4) is 5.75 Å². The Bertz CT molecular complexity index is 1260. The molecule has 4 aromatic rings. The van der Waals surface area contributed by atoms with E-state index in [-0.39, 0.29) is 23.9 Å². The Balaban J connectivity index is 1.59. The Hall–Kier alpha value is -3.87. The molecule has 0 bridgehead atoms. The van der Waals surface area contributed by atoms with E-state index in [9.17, 15) is 9.59 Å². The molecule has 0 aliphatic heterocycles. The lowest BCUT2D eigenvalue weighted by molar-refractivity contribution is -0.121. The van der Waals surface area contributed by atoms with E-state index in [1.807, 2.05) is 67.6 Å². The maximum absolute atomic E-state index is 12.9. The molecule has 2 N–H and O–H groups in total. The normalized spacial score (nSPS) is 11.9. The van der Waals surface area contributed by atoms with Crippen LogP contribution in [0.15, 0.2) is 71.5 Å². The van der Waals surface area contributed by atoms with Crippen molar-refractivity contribution in [2.75, 3.05) is 7.11 Å². The van der Waals surface area contributed by atoms with Crippen LogP contribution >= 0.6 is 0 Å². The molecule has 0 fully saturated rings. The first-order chi connectivity index (χ1) is 15.0. The molecule has 0 saturated carbocycles. The van der Waals surface area contributed by atoms with Crippen molar-refractivity contribution in [2.45, 2.75) is 25.8 Å². The predicted octanol–water partition coefficient (Wildman–Crippen LogP) is 2.98. The van der Waals surface area contributed by atoms with Gasteiger partial charge in [0.1, 0.15) is 5.75 Å². The van der Waals surface area contributed by atoms with Crippen molar-refractivity contribution in [3.05, 3.63) is 99.6 Å². The number of rotatable bonds is 7. The highest BCUT2D eigenvalue weighted by molar-refractivity contribution is 5.79. The summed E-state index contributed by atoms with van der Waals surface area (Å²) in [5.41, 5.74) is 3.62. The average molecular weight is 416 g/mol. The first-order valence-corrected chi connectivity index (χ1v) is 10.1. The number of ether oxygens (including phenoxy) is 1. The van der Waals surface area contributed by atoms with E-state index in [0.29, 0.717) is 23.5 Å². The maximum Gasteiger partial charge on any atom is 0.272 e. The van der Waals surface area contributed by atoms with Crippen LogP contribution in [0, 0.1) is 6.92 Å². The summed E-state index contributed by atoms with van der Waals surface area (Å²) in [6.45, 7) is 1.87. The molecular weight excluding hydrogens is 392 g/mol. The fourth-order valence-corrected chi connectivity index (χ4v) is 3.68. The molecule has 1 atom stereocenters. The molecule has 0 saturated heterocycles. The van der Waals surface area contributed by atoms with Crippen LogP contribution in [0.1, 0.15) is 28.6 Å². The number of carbonyl (C=O) groups excluding carboxylic acids is 1. The van der Waals surface area contributed by atoms with Gasteiger partial charge in [0.05, 0.1) is 25.3 Å². The number of hydrogen-bond donors (Lipinski definition) is 2. The van der Waals surface area contributed by atoms with Gasteiger partial charge in [0, 0.05) is 29.8 Å². The Morgan fingerprint density at radius 1 is 1.13 bits per heavy atom. The largest absolute Gasteiger partial charge is 0.496 e. The Morgan fingerprint density at radius 3 is 2.65 bits per heavy atom. The molecule has 1 amide bonds. The highest BCUT2D eigenvalue weighted by Gasteiger charge is 2.18. The lowest BCUT2D eigenvalue weighted by Gasteiger charge is -2.19. The number of nitrogens with one attached hydrogen (secondary N) is 2. The van der Waals surface area contributed by atoms with Gasteiger partial charge in [0.15, 0.2) is 5.65 Å². The molecule has 0 aliphatic rings. The third kappa shape index (κ3) is 4.66. The van der Waals surface area contributed by atoms with Gasteiger partial charge in [-0.15, -0.1) is 0 Å². The lowest BCUT2D eigenvalue weighted by Crippen LogP contribution is -2.32. The third-order valence-corrected chi connectivity index (χ3v) is 5.13. The fourth-order valence-electron chi connectivity index (χ4n) is 3.68. The summed E-state index contributed by atoms with van der Waals surface area (Å²) in [6.07, 6.45) is 0.594. The van der Waals surface area contributed by atoms with Crippen LogP contribution in [0.5, 0.6) is 5.75 Å². The number of para-hydroxylation sites is 1. The van der Waals surface area contributed by atoms with Crippen molar-refractivity contribution in [2.24, 2.45) is 0 Å². The molecule has 31 heavy (non-hydrogen) atoms. The van der Waals surface area contributed by atoms with Crippen LogP contribution in [0.4, 0.5) is 0 Å². The Kier molecular flexibility index (Phi) is 5.84. The van der Waals surface area contributed by atoms with E-state index in [2.05, 4.69) is 15.4 Å². The number of amides is 1. The van der Waals surface area contributed by atoms with Crippen molar-refractivity contribution >= 4 is 11.6 Å². The van der Waals surface area contributed by atoms with Gasteiger partial charge in [-0.2, -0.15) is 0 Å². The number of nitrogens with zero attached hydrogens (tertiary/aromatic N) is 2. The second-order valence-corrected chi connectivity index (χ2v) is 7.44. The van der Waals surface area contributed by atoms with Gasteiger partial charge in [-0.05, 0) is 18.6 Å². The highest BCUT2D eigenvalue weighted by Crippen LogP contribution is 2.20. The maximum atomic E-state index is 12.9. The van der Waals surface area contributed by atoms with Gasteiger partial charge >= 0.3 is 0 Å². The van der Waals surface area contributed by atoms with Gasteiger partial charge in [-0.25, -0.2) is 9.50 Å². The first kappa shape index (κ1) is 20.4. The van der Waals surface area contributed by atoms with Crippen LogP contribution in [-0.4, -0.2) is 27.6 Å². The molecule has 7 nitrogen and oxygen atoms in total. The molecule has 0 spiro atoms. The Labute approximate surface area is 179 Å². The molecule has 2 aromatic heterocycles. The number of aromatic amines is 1. The highest BCUT2D eigenvalue weighted by atomic mass is 16.5. The minimum Gasteiger partial charge on any atom is -0.496 e. The number of H-pyrrole nitrogens is 1. The van der Waals surface area contributed by atoms with Gasteiger partial charge in [0.2, 0.25) is 5.91 Å². The zero-order valence-corrected chi connectivity index (χ0v) is 17.5. The molecule has 0 unspecified atom stereocenters. The number of methoxy groups -OCH3 is 1. The number of benzene rings is 2. The summed E-state index contributed by atoms with van der Waals surface area (Å²) in [6, 6.07) is 20.2. The Morgan fingerprint density at radius 2 is 1.87 bits per heavy atom. The number of aryl methyl sites for hydroxylation is 1. The smallest absolute Gasteiger partial charge is 0.272 e. The van der Waals surface area contributed by atoms with Crippen molar-refractivity contribution < 1.29 is 9.53 Å². The molecule has 158 valence electrons. The second kappa shape index (κ2) is 8.87. The molecular formula is C24H24N4O3. The SMILES string of the molecule is COc1ccccc1CC(=O)N[C@@H](Cc1cc(=O)n2[nH]c(C)cc2n1)c1ccccc1. The summed E-state index contributed by atoms with van der Waals surface area (Å²) in [7, 11) is 1.59. The first-order valence-electron chi connectivity index (χ1n) is 10.1. The number of hydrogen-bond acceptors (Lipinski definition) is 4. The van der Waals surface area contributed by atoms with E-state index in [1.54, 1.807) is 7.11 Å². The summed E-state index contributed by atoms with van der Waals surface area (Å²) < 4.78 is 6.77. The molecule has 0 aliphatic carbocycles. The summed E-state index contributed by atoms with van der Waals surface area (Å²) >= 11 is 0. The minimum atomic E-state index is -0.321. The zero-order valence-electron chi connectivity index (χ0n) is 17.5. The van der Waals surface area contributed by atoms with E-state index in [4.69, 9.17) is 4.74 Å². The van der Waals surface area contributed by atoms with E-state index in [0.717, 1.165) is 16.8 Å². The van der Waals surface area contributed by atoms with Crippen molar-refractivity contribution in [1.29, 1.82) is 0 Å². The van der Waals surface area contributed by atoms with Crippen LogP contribution in [0.3, 0.4) is 0 Å². The quantitative estimate of drug-likeness (QED) is 0.485. The van der Waals surface area contributed by atoms with Crippen LogP contribution in [0.25, 0.3) is 5.65 Å². The predicted molar refractivity (Wildman–Crippen MR) is 118 cm³/mol. The second-order valence-electron chi connectivity index (χ2n) is 7.44. The van der Waals surface area contributed by atoms with E-state index in [1.165, 1.54) is 10.6 Å².